The minimum atomic E-state index is -0.597. The summed E-state index contributed by atoms with van der Waals surface area (Å²) in [6, 6.07) is 9.99. The average molecular weight is 344 g/mol. The first kappa shape index (κ1) is 18.0. The summed E-state index contributed by atoms with van der Waals surface area (Å²) in [6.45, 7) is 9.54. The van der Waals surface area contributed by atoms with E-state index in [9.17, 15) is 5.11 Å². The molecule has 0 amide bonds. The van der Waals surface area contributed by atoms with Crippen LogP contribution in [0.2, 0.25) is 0 Å². The third-order valence-electron chi connectivity index (χ3n) is 4.58. The zero-order valence-electron chi connectivity index (χ0n) is 15.1. The van der Waals surface area contributed by atoms with Gasteiger partial charge in [0, 0.05) is 49.7 Å². The molecule has 136 valence electrons. The van der Waals surface area contributed by atoms with Crippen molar-refractivity contribution in [1.29, 1.82) is 0 Å². The van der Waals surface area contributed by atoms with Gasteiger partial charge in [0.2, 0.25) is 0 Å². The smallest absolute Gasteiger partial charge is 0.130 e. The maximum Gasteiger partial charge on any atom is 0.130 e. The van der Waals surface area contributed by atoms with Crippen LogP contribution in [0, 0.1) is 0 Å². The minimum absolute atomic E-state index is 0.553. The van der Waals surface area contributed by atoms with Gasteiger partial charge in [-0.25, -0.2) is 0 Å². The standard InChI is InChI=1S/C20H28N2O3/c1-3-24-18-13-19(25-4-2)20(16-8-6-5-7-15(16)18)17(23)14-22-11-9-21-10-12-22/h5-8,13,17,21,23H,3-4,9-12,14H2,1-2H3. The number of rotatable bonds is 7. The molecule has 2 N–H and O–H groups in total. The Morgan fingerprint density at radius 2 is 1.68 bits per heavy atom. The lowest BCUT2D eigenvalue weighted by atomic mass is 9.97. The first-order chi connectivity index (χ1) is 12.2. The van der Waals surface area contributed by atoms with Crippen molar-refractivity contribution in [3.8, 4) is 11.5 Å². The Morgan fingerprint density at radius 3 is 2.36 bits per heavy atom. The predicted molar refractivity (Wildman–Crippen MR) is 101 cm³/mol. The van der Waals surface area contributed by atoms with E-state index in [1.54, 1.807) is 0 Å². The number of β-amino-alcohol motifs (C(OH)–C–C–N with tert-alkyl or cyclic N) is 1. The number of benzene rings is 2. The molecule has 5 heteroatoms. The van der Waals surface area contributed by atoms with Gasteiger partial charge < -0.3 is 19.9 Å². The molecule has 0 spiro atoms. The molecule has 3 rings (SSSR count). The highest BCUT2D eigenvalue weighted by Gasteiger charge is 2.23. The second kappa shape index (κ2) is 8.52. The van der Waals surface area contributed by atoms with Gasteiger partial charge in [0.1, 0.15) is 11.5 Å². The van der Waals surface area contributed by atoms with E-state index in [1.807, 2.05) is 44.2 Å². The molecular weight excluding hydrogens is 316 g/mol. The van der Waals surface area contributed by atoms with Crippen LogP contribution in [-0.2, 0) is 0 Å². The van der Waals surface area contributed by atoms with Crippen LogP contribution in [0.5, 0.6) is 11.5 Å². The largest absolute Gasteiger partial charge is 0.493 e. The van der Waals surface area contributed by atoms with E-state index in [4.69, 9.17) is 9.47 Å². The van der Waals surface area contributed by atoms with Crippen molar-refractivity contribution in [3.63, 3.8) is 0 Å². The van der Waals surface area contributed by atoms with E-state index in [2.05, 4.69) is 10.2 Å². The molecule has 2 aromatic carbocycles. The molecule has 0 aliphatic carbocycles. The van der Waals surface area contributed by atoms with Crippen LogP contribution in [0.3, 0.4) is 0 Å². The Hall–Kier alpha value is -1.82. The van der Waals surface area contributed by atoms with Gasteiger partial charge in [0.05, 0.1) is 19.3 Å². The van der Waals surface area contributed by atoms with E-state index in [-0.39, 0.29) is 0 Å². The number of hydrogen-bond acceptors (Lipinski definition) is 5. The number of aliphatic hydroxyl groups excluding tert-OH is 1. The molecule has 1 aliphatic rings. The molecule has 1 atom stereocenters. The molecule has 1 aliphatic heterocycles. The molecule has 1 unspecified atom stereocenters. The number of ether oxygens (including phenoxy) is 2. The predicted octanol–water partition coefficient (Wildman–Crippen LogP) is 2.58. The molecule has 0 radical (unpaired) electrons. The summed E-state index contributed by atoms with van der Waals surface area (Å²) < 4.78 is 11.7. The van der Waals surface area contributed by atoms with Gasteiger partial charge in [0.25, 0.3) is 0 Å². The van der Waals surface area contributed by atoms with Crippen LogP contribution < -0.4 is 14.8 Å². The second-order valence-electron chi connectivity index (χ2n) is 6.26. The summed E-state index contributed by atoms with van der Waals surface area (Å²) in [6.07, 6.45) is -0.597. The molecule has 0 bridgehead atoms. The molecule has 2 aromatic rings. The topological polar surface area (TPSA) is 54.0 Å². The summed E-state index contributed by atoms with van der Waals surface area (Å²) >= 11 is 0. The van der Waals surface area contributed by atoms with E-state index in [0.29, 0.717) is 25.5 Å². The van der Waals surface area contributed by atoms with Crippen LogP contribution in [0.1, 0.15) is 25.5 Å². The lowest BCUT2D eigenvalue weighted by Gasteiger charge is -2.30. The second-order valence-corrected chi connectivity index (χ2v) is 6.26. The number of nitrogens with zero attached hydrogens (tertiary/aromatic N) is 1. The quantitative estimate of drug-likeness (QED) is 0.809. The molecular formula is C20H28N2O3. The molecule has 1 saturated heterocycles. The van der Waals surface area contributed by atoms with E-state index >= 15 is 0 Å². The number of hydrogen-bond donors (Lipinski definition) is 2. The highest BCUT2D eigenvalue weighted by atomic mass is 16.5. The third-order valence-corrected chi connectivity index (χ3v) is 4.58. The van der Waals surface area contributed by atoms with Crippen LogP contribution in [0.25, 0.3) is 10.8 Å². The summed E-state index contributed by atoms with van der Waals surface area (Å²) in [5, 5.41) is 16.4. The van der Waals surface area contributed by atoms with Gasteiger partial charge in [-0.1, -0.05) is 24.3 Å². The van der Waals surface area contributed by atoms with Crippen LogP contribution in [-0.4, -0.2) is 55.9 Å². The van der Waals surface area contributed by atoms with Crippen molar-refractivity contribution < 1.29 is 14.6 Å². The zero-order valence-corrected chi connectivity index (χ0v) is 15.1. The van der Waals surface area contributed by atoms with Crippen molar-refractivity contribution >= 4 is 10.8 Å². The average Bonchev–Trinajstić information content (AvgIpc) is 2.63. The molecule has 25 heavy (non-hydrogen) atoms. The first-order valence-electron chi connectivity index (χ1n) is 9.17. The van der Waals surface area contributed by atoms with Crippen molar-refractivity contribution in [2.75, 3.05) is 45.9 Å². The summed E-state index contributed by atoms with van der Waals surface area (Å²) in [4.78, 5) is 2.29. The van der Waals surface area contributed by atoms with E-state index in [0.717, 1.165) is 48.3 Å². The van der Waals surface area contributed by atoms with Crippen molar-refractivity contribution in [2.24, 2.45) is 0 Å². The van der Waals surface area contributed by atoms with Gasteiger partial charge in [-0.05, 0) is 19.2 Å². The van der Waals surface area contributed by atoms with Crippen LogP contribution >= 0.6 is 0 Å². The number of fused-ring (bicyclic) bond motifs is 1. The fourth-order valence-corrected chi connectivity index (χ4v) is 3.46. The Kier molecular flexibility index (Phi) is 6.13. The van der Waals surface area contributed by atoms with Gasteiger partial charge in [-0.2, -0.15) is 0 Å². The summed E-state index contributed by atoms with van der Waals surface area (Å²) in [5.41, 5.74) is 0.861. The fourth-order valence-electron chi connectivity index (χ4n) is 3.46. The molecule has 5 nitrogen and oxygen atoms in total. The highest BCUT2D eigenvalue weighted by molar-refractivity contribution is 5.93. The number of aliphatic hydroxyl groups is 1. The van der Waals surface area contributed by atoms with Gasteiger partial charge >= 0.3 is 0 Å². The van der Waals surface area contributed by atoms with Crippen LogP contribution in [0.15, 0.2) is 30.3 Å². The SMILES string of the molecule is CCOc1cc(OCC)c2ccccc2c1C(O)CN1CCNCC1. The van der Waals surface area contributed by atoms with Gasteiger partial charge in [-0.15, -0.1) is 0 Å². The molecule has 0 saturated carbocycles. The zero-order chi connectivity index (χ0) is 17.6. The Balaban J connectivity index is 2.01. The Morgan fingerprint density at radius 1 is 1.04 bits per heavy atom. The molecule has 1 fully saturated rings. The molecule has 0 aromatic heterocycles. The molecule has 1 heterocycles. The van der Waals surface area contributed by atoms with Gasteiger partial charge in [-0.3, -0.25) is 4.90 Å². The first-order valence-corrected chi connectivity index (χ1v) is 9.17. The Labute approximate surface area is 149 Å². The highest BCUT2D eigenvalue weighted by Crippen LogP contribution is 2.39. The summed E-state index contributed by atoms with van der Waals surface area (Å²) in [5.74, 6) is 1.52. The number of nitrogens with one attached hydrogen (secondary N) is 1. The monoisotopic (exact) mass is 344 g/mol. The summed E-state index contributed by atoms with van der Waals surface area (Å²) in [7, 11) is 0. The third kappa shape index (κ3) is 4.06. The van der Waals surface area contributed by atoms with Crippen molar-refractivity contribution in [2.45, 2.75) is 20.0 Å². The van der Waals surface area contributed by atoms with Crippen molar-refractivity contribution in [1.82, 2.24) is 10.2 Å². The van der Waals surface area contributed by atoms with E-state index < -0.39 is 6.10 Å². The lowest BCUT2D eigenvalue weighted by Crippen LogP contribution is -2.45. The van der Waals surface area contributed by atoms with Crippen molar-refractivity contribution in [3.05, 3.63) is 35.9 Å². The fraction of sp³-hybridized carbons (Fsp3) is 0.500. The van der Waals surface area contributed by atoms with Crippen LogP contribution in [0.4, 0.5) is 0 Å². The Bertz CT molecular complexity index is 699. The number of piperazine rings is 1. The van der Waals surface area contributed by atoms with E-state index in [1.165, 1.54) is 0 Å². The van der Waals surface area contributed by atoms with Gasteiger partial charge in [0.15, 0.2) is 0 Å². The maximum atomic E-state index is 11.0. The maximum absolute atomic E-state index is 11.0. The normalized spacial score (nSPS) is 16.8. The lowest BCUT2D eigenvalue weighted by molar-refractivity contribution is 0.104. The minimum Gasteiger partial charge on any atom is -0.493 e.